The highest BCUT2D eigenvalue weighted by Crippen LogP contribution is 2.34. The number of carbonyl (C=O) groups is 2. The summed E-state index contributed by atoms with van der Waals surface area (Å²) in [6, 6.07) is 0.0644. The number of carbonyl (C=O) groups excluding carboxylic acids is 1. The lowest BCUT2D eigenvalue weighted by atomic mass is 9.87. The molecule has 1 fully saturated rings. The van der Waals surface area contributed by atoms with E-state index in [0.29, 0.717) is 40.0 Å². The first-order valence-electron chi connectivity index (χ1n) is 10.1. The highest BCUT2D eigenvalue weighted by atomic mass is 32.1. The number of alkyl halides is 5. The molecule has 1 saturated carbocycles. The Morgan fingerprint density at radius 2 is 1.97 bits per heavy atom. The Kier molecular flexibility index (Phi) is 8.06. The number of aliphatic carboxylic acids is 1. The molecule has 3 heterocycles. The second-order valence-corrected chi connectivity index (χ2v) is 9.16. The van der Waals surface area contributed by atoms with Crippen LogP contribution >= 0.6 is 22.7 Å². The summed E-state index contributed by atoms with van der Waals surface area (Å²) >= 11 is 2.56. The standard InChI is InChI=1S/C18H16F2N6OS2.C2HF3O2/c19-18(20)3-1-2-11(15(18)22)24-13-5-23-17-14(26-13)10(7-29-17)16(27)25-12-8-28-6-9(12)4-21;3-2(4,5)1(6)7/h5-8,11,15H,1-3,22H2,(H,24,26)(H,25,27);(H,6,7)/t11-,15-;/m1./s1. The monoisotopic (exact) mass is 548 g/mol. The molecule has 0 aromatic carbocycles. The van der Waals surface area contributed by atoms with Crippen molar-refractivity contribution in [2.75, 3.05) is 10.6 Å². The molecule has 192 valence electrons. The lowest BCUT2D eigenvalue weighted by Gasteiger charge is -2.36. The van der Waals surface area contributed by atoms with Crippen LogP contribution in [0.4, 0.5) is 33.5 Å². The van der Waals surface area contributed by atoms with E-state index in [4.69, 9.17) is 20.9 Å². The SMILES string of the molecule is N#Cc1cscc1NC(=O)c1csc2ncc(N[C@@H]3CCCC(F)(F)[C@@H]3N)nc12.O=C(O)C(F)(F)F. The van der Waals surface area contributed by atoms with Crippen LogP contribution < -0.4 is 16.4 Å². The van der Waals surface area contributed by atoms with Gasteiger partial charge in [0.15, 0.2) is 0 Å². The molecule has 1 aliphatic carbocycles. The number of nitrogens with two attached hydrogens (primary N) is 1. The number of nitrogens with zero attached hydrogens (tertiary/aromatic N) is 3. The number of anilines is 2. The normalized spacial score (nSPS) is 19.0. The number of hydrogen-bond acceptors (Lipinski definition) is 9. The van der Waals surface area contributed by atoms with Gasteiger partial charge < -0.3 is 21.5 Å². The Hall–Kier alpha value is -3.42. The summed E-state index contributed by atoms with van der Waals surface area (Å²) in [5.41, 5.74) is 7.20. The van der Waals surface area contributed by atoms with Crippen molar-refractivity contribution in [3.05, 3.63) is 33.5 Å². The molecule has 3 aromatic heterocycles. The number of hydrogen-bond donors (Lipinski definition) is 4. The second kappa shape index (κ2) is 10.7. The average Bonchev–Trinajstić information content (AvgIpc) is 3.43. The molecule has 1 amide bonds. The summed E-state index contributed by atoms with van der Waals surface area (Å²) < 4.78 is 59.5. The first-order chi connectivity index (χ1) is 16.8. The minimum atomic E-state index is -5.08. The fraction of sp³-hybridized carbons (Fsp3) is 0.350. The third-order valence-electron chi connectivity index (χ3n) is 5.08. The lowest BCUT2D eigenvalue weighted by Crippen LogP contribution is -2.55. The largest absolute Gasteiger partial charge is 0.490 e. The van der Waals surface area contributed by atoms with Gasteiger partial charge >= 0.3 is 12.1 Å². The zero-order valence-corrected chi connectivity index (χ0v) is 19.6. The van der Waals surface area contributed by atoms with Crippen LogP contribution in [0.25, 0.3) is 10.3 Å². The topological polar surface area (TPSA) is 154 Å². The van der Waals surface area contributed by atoms with Gasteiger partial charge in [-0.3, -0.25) is 4.79 Å². The fourth-order valence-electron chi connectivity index (χ4n) is 3.26. The molecule has 0 saturated heterocycles. The summed E-state index contributed by atoms with van der Waals surface area (Å²) in [6.45, 7) is 0. The van der Waals surface area contributed by atoms with Crippen molar-refractivity contribution in [1.82, 2.24) is 9.97 Å². The zero-order valence-electron chi connectivity index (χ0n) is 18.0. The fourth-order valence-corrected chi connectivity index (χ4v) is 4.80. The van der Waals surface area contributed by atoms with Gasteiger partial charge in [-0.05, 0) is 12.8 Å². The minimum Gasteiger partial charge on any atom is -0.475 e. The van der Waals surface area contributed by atoms with Gasteiger partial charge in [0.25, 0.3) is 11.8 Å². The van der Waals surface area contributed by atoms with E-state index in [1.165, 1.54) is 28.9 Å². The van der Waals surface area contributed by atoms with Gasteiger partial charge in [-0.25, -0.2) is 23.5 Å². The molecule has 0 spiro atoms. The third kappa shape index (κ3) is 6.22. The van der Waals surface area contributed by atoms with Crippen LogP contribution in [0.15, 0.2) is 22.3 Å². The zero-order chi connectivity index (χ0) is 26.7. The van der Waals surface area contributed by atoms with E-state index in [2.05, 4.69) is 20.6 Å². The molecule has 16 heteroatoms. The number of aromatic nitrogens is 2. The van der Waals surface area contributed by atoms with Crippen LogP contribution in [0.3, 0.4) is 0 Å². The number of amides is 1. The van der Waals surface area contributed by atoms with Crippen molar-refractivity contribution in [2.45, 2.75) is 43.4 Å². The number of thiophene rings is 2. The molecule has 3 aromatic rings. The molecule has 0 radical (unpaired) electrons. The number of carboxylic acid groups (broad SMARTS) is 1. The Balaban J connectivity index is 0.000000454. The molecular weight excluding hydrogens is 531 g/mol. The summed E-state index contributed by atoms with van der Waals surface area (Å²) in [4.78, 5) is 30.8. The first kappa shape index (κ1) is 27.2. The van der Waals surface area contributed by atoms with E-state index in [-0.39, 0.29) is 12.2 Å². The van der Waals surface area contributed by atoms with Crippen molar-refractivity contribution in [2.24, 2.45) is 5.73 Å². The summed E-state index contributed by atoms with van der Waals surface area (Å²) in [5, 5.41) is 26.8. The highest BCUT2D eigenvalue weighted by Gasteiger charge is 2.44. The number of fused-ring (bicyclic) bond motifs is 1. The van der Waals surface area contributed by atoms with Crippen molar-refractivity contribution >= 4 is 56.4 Å². The van der Waals surface area contributed by atoms with Crippen LogP contribution in [0.5, 0.6) is 0 Å². The Labute approximate surface area is 207 Å². The Morgan fingerprint density at radius 3 is 2.61 bits per heavy atom. The summed E-state index contributed by atoms with van der Waals surface area (Å²) in [6.07, 6.45) is -2.99. The predicted octanol–water partition coefficient (Wildman–Crippen LogP) is 4.44. The van der Waals surface area contributed by atoms with Crippen LogP contribution in [-0.4, -0.2) is 51.1 Å². The van der Waals surface area contributed by atoms with E-state index in [9.17, 15) is 26.7 Å². The maximum atomic E-state index is 13.9. The quantitative estimate of drug-likeness (QED) is 0.349. The molecular formula is C20H17F5N6O3S2. The van der Waals surface area contributed by atoms with Gasteiger partial charge in [0, 0.05) is 28.6 Å². The summed E-state index contributed by atoms with van der Waals surface area (Å²) in [5.74, 6) is -5.82. The molecule has 0 bridgehead atoms. The van der Waals surface area contributed by atoms with Crippen molar-refractivity contribution in [3.8, 4) is 6.07 Å². The van der Waals surface area contributed by atoms with E-state index in [1.54, 1.807) is 16.1 Å². The van der Waals surface area contributed by atoms with Crippen LogP contribution in [-0.2, 0) is 4.79 Å². The highest BCUT2D eigenvalue weighted by molar-refractivity contribution is 7.17. The smallest absolute Gasteiger partial charge is 0.475 e. The van der Waals surface area contributed by atoms with Crippen LogP contribution in [0.1, 0.15) is 35.2 Å². The number of rotatable bonds is 4. The number of halogens is 5. The van der Waals surface area contributed by atoms with E-state index in [1.807, 2.05) is 6.07 Å². The minimum absolute atomic E-state index is 0.223. The molecule has 5 N–H and O–H groups in total. The maximum absolute atomic E-state index is 13.9. The molecule has 9 nitrogen and oxygen atoms in total. The van der Waals surface area contributed by atoms with E-state index in [0.717, 1.165) is 0 Å². The van der Waals surface area contributed by atoms with E-state index >= 15 is 0 Å². The van der Waals surface area contributed by atoms with Gasteiger partial charge in [0.2, 0.25) is 0 Å². The van der Waals surface area contributed by atoms with Crippen molar-refractivity contribution in [3.63, 3.8) is 0 Å². The molecule has 2 atom stereocenters. The van der Waals surface area contributed by atoms with Gasteiger partial charge in [0.05, 0.1) is 29.1 Å². The predicted molar refractivity (Wildman–Crippen MR) is 122 cm³/mol. The van der Waals surface area contributed by atoms with Crippen LogP contribution in [0.2, 0.25) is 0 Å². The Bertz CT molecular complexity index is 1300. The molecule has 1 aliphatic rings. The molecule has 4 rings (SSSR count). The molecule has 36 heavy (non-hydrogen) atoms. The Morgan fingerprint density at radius 1 is 1.28 bits per heavy atom. The van der Waals surface area contributed by atoms with Gasteiger partial charge in [-0.15, -0.1) is 22.7 Å². The van der Waals surface area contributed by atoms with E-state index < -0.39 is 36.1 Å². The number of nitriles is 1. The van der Waals surface area contributed by atoms with Crippen LogP contribution in [0, 0.1) is 11.3 Å². The van der Waals surface area contributed by atoms with Gasteiger partial charge in [0.1, 0.15) is 22.2 Å². The third-order valence-corrected chi connectivity index (χ3v) is 6.70. The van der Waals surface area contributed by atoms with Gasteiger partial charge in [-0.1, -0.05) is 0 Å². The summed E-state index contributed by atoms with van der Waals surface area (Å²) in [7, 11) is 0. The number of nitrogens with one attached hydrogen (secondary N) is 2. The first-order valence-corrected chi connectivity index (χ1v) is 11.9. The second-order valence-electron chi connectivity index (χ2n) is 7.56. The van der Waals surface area contributed by atoms with Crippen molar-refractivity contribution < 1.29 is 36.6 Å². The molecule has 0 unspecified atom stereocenters. The maximum Gasteiger partial charge on any atom is 0.490 e. The van der Waals surface area contributed by atoms with Gasteiger partial charge in [-0.2, -0.15) is 18.4 Å². The average molecular weight is 549 g/mol. The number of carboxylic acids is 1. The van der Waals surface area contributed by atoms with Crippen molar-refractivity contribution in [1.29, 1.82) is 5.26 Å². The lowest BCUT2D eigenvalue weighted by molar-refractivity contribution is -0.192. The molecule has 0 aliphatic heterocycles.